The molecule has 140 valence electrons. The Morgan fingerprint density at radius 1 is 1.36 bits per heavy atom. The Labute approximate surface area is 159 Å². The zero-order valence-electron chi connectivity index (χ0n) is 14.3. The Morgan fingerprint density at radius 2 is 2.04 bits per heavy atom. The second-order valence-electron chi connectivity index (χ2n) is 6.19. The van der Waals surface area contributed by atoms with Gasteiger partial charge in [0, 0.05) is 29.7 Å². The normalized spacial score (nSPS) is 15.6. The Morgan fingerprint density at radius 3 is 2.64 bits per heavy atom. The molecule has 6 nitrogen and oxygen atoms in total. The van der Waals surface area contributed by atoms with Crippen LogP contribution in [0.1, 0.15) is 19.3 Å². The molecule has 1 heterocycles. The molecule has 1 aromatic carbocycles. The summed E-state index contributed by atoms with van der Waals surface area (Å²) >= 11 is 5.90. The number of hydrogen-bond donors (Lipinski definition) is 2. The predicted octanol–water partition coefficient (Wildman–Crippen LogP) is 2.57. The number of hydrogen-bond acceptors (Lipinski definition) is 4. The minimum atomic E-state index is -0.794. The fourth-order valence-electron chi connectivity index (χ4n) is 2.98. The Kier molecular flexibility index (Phi) is 9.21. The largest absolute Gasteiger partial charge is 0.480 e. The number of piperidine rings is 1. The smallest absolute Gasteiger partial charge is 0.317 e. The van der Waals surface area contributed by atoms with Crippen molar-refractivity contribution in [1.29, 1.82) is 0 Å². The highest BCUT2D eigenvalue weighted by Crippen LogP contribution is 2.17. The highest BCUT2D eigenvalue weighted by Gasteiger charge is 2.23. The molecule has 0 unspecified atom stereocenters. The molecule has 2 N–H and O–H groups in total. The van der Waals surface area contributed by atoms with Crippen LogP contribution in [-0.4, -0.2) is 66.1 Å². The maximum atomic E-state index is 12.0. The van der Waals surface area contributed by atoms with Gasteiger partial charge in [0.25, 0.3) is 0 Å². The van der Waals surface area contributed by atoms with Gasteiger partial charge in [0.15, 0.2) is 0 Å². The SMILES string of the molecule is CN(CC(=O)O)C1CCN(CCC(=O)Nc2cccc(Cl)c2)CC1.Cl. The Balaban J connectivity index is 0.00000312. The number of carbonyl (C=O) groups is 2. The van der Waals surface area contributed by atoms with Crippen LogP contribution in [0.5, 0.6) is 0 Å². The number of benzene rings is 1. The third kappa shape index (κ3) is 7.61. The molecule has 8 heteroatoms. The molecular formula is C17H25Cl2N3O3. The third-order valence-corrected chi connectivity index (χ3v) is 4.56. The van der Waals surface area contributed by atoms with Gasteiger partial charge < -0.3 is 15.3 Å². The van der Waals surface area contributed by atoms with Gasteiger partial charge in [-0.2, -0.15) is 0 Å². The summed E-state index contributed by atoms with van der Waals surface area (Å²) in [7, 11) is 1.85. The molecule has 1 aliphatic rings. The van der Waals surface area contributed by atoms with E-state index < -0.39 is 5.97 Å². The van der Waals surface area contributed by atoms with Gasteiger partial charge >= 0.3 is 5.97 Å². The summed E-state index contributed by atoms with van der Waals surface area (Å²) in [6.45, 7) is 2.56. The highest BCUT2D eigenvalue weighted by atomic mass is 35.5. The average molecular weight is 390 g/mol. The summed E-state index contributed by atoms with van der Waals surface area (Å²) in [5.74, 6) is -0.819. The van der Waals surface area contributed by atoms with E-state index in [0.717, 1.165) is 25.9 Å². The number of likely N-dealkylation sites (N-methyl/N-ethyl adjacent to an activating group) is 1. The number of nitrogens with zero attached hydrogens (tertiary/aromatic N) is 2. The highest BCUT2D eigenvalue weighted by molar-refractivity contribution is 6.30. The lowest BCUT2D eigenvalue weighted by molar-refractivity contribution is -0.138. The van der Waals surface area contributed by atoms with Gasteiger partial charge in [0.1, 0.15) is 0 Å². The van der Waals surface area contributed by atoms with E-state index in [2.05, 4.69) is 10.2 Å². The molecule has 0 bridgehead atoms. The van der Waals surface area contributed by atoms with E-state index in [9.17, 15) is 9.59 Å². The maximum Gasteiger partial charge on any atom is 0.317 e. The van der Waals surface area contributed by atoms with E-state index in [1.54, 1.807) is 18.2 Å². The molecule has 2 rings (SSSR count). The van der Waals surface area contributed by atoms with Crippen LogP contribution in [0.15, 0.2) is 24.3 Å². The quantitative estimate of drug-likeness (QED) is 0.749. The van der Waals surface area contributed by atoms with E-state index in [0.29, 0.717) is 29.7 Å². The number of rotatable bonds is 7. The predicted molar refractivity (Wildman–Crippen MR) is 102 cm³/mol. The number of halogens is 2. The second-order valence-corrected chi connectivity index (χ2v) is 6.63. The molecule has 1 aromatic rings. The topological polar surface area (TPSA) is 72.9 Å². The average Bonchev–Trinajstić information content (AvgIpc) is 2.53. The first-order valence-corrected chi connectivity index (χ1v) is 8.51. The van der Waals surface area contributed by atoms with Crippen LogP contribution in [0, 0.1) is 0 Å². The van der Waals surface area contributed by atoms with Crippen LogP contribution >= 0.6 is 24.0 Å². The minimum Gasteiger partial charge on any atom is -0.480 e. The molecule has 1 saturated heterocycles. The van der Waals surface area contributed by atoms with Crippen molar-refractivity contribution in [3.8, 4) is 0 Å². The first-order chi connectivity index (χ1) is 11.4. The number of nitrogens with one attached hydrogen (secondary N) is 1. The van der Waals surface area contributed by atoms with E-state index in [-0.39, 0.29) is 24.9 Å². The van der Waals surface area contributed by atoms with Crippen molar-refractivity contribution in [2.75, 3.05) is 38.5 Å². The lowest BCUT2D eigenvalue weighted by atomic mass is 10.0. The first kappa shape index (κ1) is 21.7. The number of carboxylic acids is 1. The minimum absolute atomic E-state index is 0. The van der Waals surface area contributed by atoms with Crippen LogP contribution in [0.25, 0.3) is 0 Å². The van der Waals surface area contributed by atoms with Crippen molar-refractivity contribution in [3.05, 3.63) is 29.3 Å². The molecule has 0 aliphatic carbocycles. The molecule has 0 aromatic heterocycles. The van der Waals surface area contributed by atoms with Gasteiger partial charge in [-0.1, -0.05) is 17.7 Å². The summed E-state index contributed by atoms with van der Waals surface area (Å²) < 4.78 is 0. The van der Waals surface area contributed by atoms with Gasteiger partial charge in [0.05, 0.1) is 6.54 Å². The van der Waals surface area contributed by atoms with E-state index in [1.165, 1.54) is 0 Å². The monoisotopic (exact) mass is 389 g/mol. The van der Waals surface area contributed by atoms with Gasteiger partial charge in [0.2, 0.25) is 5.91 Å². The Bertz CT molecular complexity index is 578. The van der Waals surface area contributed by atoms with Gasteiger partial charge in [-0.3, -0.25) is 14.5 Å². The summed E-state index contributed by atoms with van der Waals surface area (Å²) in [5.41, 5.74) is 0.710. The van der Waals surface area contributed by atoms with E-state index in [4.69, 9.17) is 16.7 Å². The molecule has 1 fully saturated rings. The summed E-state index contributed by atoms with van der Waals surface area (Å²) in [4.78, 5) is 26.9. The maximum absolute atomic E-state index is 12.0. The molecular weight excluding hydrogens is 365 g/mol. The van der Waals surface area contributed by atoms with Crippen molar-refractivity contribution in [2.24, 2.45) is 0 Å². The van der Waals surface area contributed by atoms with Gasteiger partial charge in [-0.15, -0.1) is 12.4 Å². The fourth-order valence-corrected chi connectivity index (χ4v) is 3.17. The summed E-state index contributed by atoms with van der Waals surface area (Å²) in [6, 6.07) is 7.41. The molecule has 0 atom stereocenters. The number of anilines is 1. The van der Waals surface area contributed by atoms with E-state index >= 15 is 0 Å². The zero-order chi connectivity index (χ0) is 17.5. The zero-order valence-corrected chi connectivity index (χ0v) is 15.9. The van der Waals surface area contributed by atoms with Crippen LogP contribution < -0.4 is 5.32 Å². The lowest BCUT2D eigenvalue weighted by Crippen LogP contribution is -2.45. The molecule has 0 saturated carbocycles. The van der Waals surface area contributed by atoms with Crippen LogP contribution in [-0.2, 0) is 9.59 Å². The molecule has 1 amide bonds. The lowest BCUT2D eigenvalue weighted by Gasteiger charge is -2.36. The molecule has 0 spiro atoms. The Hall–Kier alpha value is -1.34. The van der Waals surface area contributed by atoms with Crippen LogP contribution in [0.2, 0.25) is 5.02 Å². The van der Waals surface area contributed by atoms with Gasteiger partial charge in [-0.25, -0.2) is 0 Å². The van der Waals surface area contributed by atoms with Crippen molar-refractivity contribution in [1.82, 2.24) is 9.80 Å². The number of carbonyl (C=O) groups excluding carboxylic acids is 1. The number of aliphatic carboxylic acids is 1. The number of carboxylic acid groups (broad SMARTS) is 1. The standard InChI is InChI=1S/C17H24ClN3O3.ClH/c1-20(12-17(23)24)15-5-8-21(9-6-15)10-7-16(22)19-14-4-2-3-13(18)11-14;/h2-4,11,15H,5-10,12H2,1H3,(H,19,22)(H,23,24);1H. The third-order valence-electron chi connectivity index (χ3n) is 4.33. The van der Waals surface area contributed by atoms with E-state index in [1.807, 2.05) is 18.0 Å². The van der Waals surface area contributed by atoms with Crippen LogP contribution in [0.3, 0.4) is 0 Å². The van der Waals surface area contributed by atoms with Gasteiger partial charge in [-0.05, 0) is 51.2 Å². The van der Waals surface area contributed by atoms with Crippen LogP contribution in [0.4, 0.5) is 5.69 Å². The second kappa shape index (κ2) is 10.6. The molecule has 25 heavy (non-hydrogen) atoms. The number of likely N-dealkylation sites (tertiary alicyclic amines) is 1. The number of amides is 1. The summed E-state index contributed by atoms with van der Waals surface area (Å²) in [6.07, 6.45) is 2.29. The van der Waals surface area contributed by atoms with Crippen molar-refractivity contribution < 1.29 is 14.7 Å². The van der Waals surface area contributed by atoms with Crippen molar-refractivity contribution in [3.63, 3.8) is 0 Å². The fraction of sp³-hybridized carbons (Fsp3) is 0.529. The molecule has 1 aliphatic heterocycles. The first-order valence-electron chi connectivity index (χ1n) is 8.14. The molecule has 0 radical (unpaired) electrons. The van der Waals surface area contributed by atoms with Crippen molar-refractivity contribution in [2.45, 2.75) is 25.3 Å². The van der Waals surface area contributed by atoms with Crippen molar-refractivity contribution >= 4 is 41.6 Å². The summed E-state index contributed by atoms with van der Waals surface area (Å²) in [5, 5.41) is 12.3.